The molecule has 1 heterocycles. The Balaban J connectivity index is 2.48. The third kappa shape index (κ3) is 2.82. The van der Waals surface area contributed by atoms with Crippen LogP contribution in [0.5, 0.6) is 0 Å². The molecule has 0 unspecified atom stereocenters. The largest absolute Gasteiger partial charge is 0.481 e. The second-order valence-corrected chi connectivity index (χ2v) is 4.48. The number of pyridine rings is 1. The number of carbonyl (C=O) groups is 2. The number of rotatable bonds is 3. The highest BCUT2D eigenvalue weighted by Gasteiger charge is 2.14. The highest BCUT2D eigenvalue weighted by Crippen LogP contribution is 2.32. The van der Waals surface area contributed by atoms with E-state index in [1.165, 1.54) is 0 Å². The molecule has 0 atom stereocenters. The maximum Gasteiger partial charge on any atom is 0.312 e. The van der Waals surface area contributed by atoms with Crippen molar-refractivity contribution in [3.05, 3.63) is 35.0 Å². The molecular formula is C13H11ClN2O3. The highest BCUT2D eigenvalue weighted by atomic mass is 35.5. The fraction of sp³-hybridized carbons (Fsp3) is 0.154. The summed E-state index contributed by atoms with van der Waals surface area (Å²) in [5.74, 6) is -1.81. The summed E-state index contributed by atoms with van der Waals surface area (Å²) in [7, 11) is 0. The minimum atomic E-state index is -1.19. The summed E-state index contributed by atoms with van der Waals surface area (Å²) in [6.45, 7) is 1.87. The van der Waals surface area contributed by atoms with Crippen LogP contribution in [0.2, 0.25) is 5.02 Å². The molecular weight excluding hydrogens is 268 g/mol. The number of aryl methyl sites for hydroxylation is 1. The zero-order chi connectivity index (χ0) is 14.0. The first-order valence-electron chi connectivity index (χ1n) is 5.54. The van der Waals surface area contributed by atoms with Crippen molar-refractivity contribution < 1.29 is 14.7 Å². The average Bonchev–Trinajstić information content (AvgIpc) is 2.33. The summed E-state index contributed by atoms with van der Waals surface area (Å²) in [4.78, 5) is 26.3. The standard InChI is InChI=1S/C13H11ClN2O3/c1-7-5-9(14)13(16-10(17)6-11(18)19)8-3-2-4-15-12(7)8/h2-5H,6H2,1H3,(H,16,17)(H,18,19). The first-order valence-corrected chi connectivity index (χ1v) is 5.92. The van der Waals surface area contributed by atoms with E-state index in [0.29, 0.717) is 16.1 Å². The van der Waals surface area contributed by atoms with E-state index >= 15 is 0 Å². The van der Waals surface area contributed by atoms with Crippen molar-refractivity contribution in [2.45, 2.75) is 13.3 Å². The number of aliphatic carboxylic acids is 1. The van der Waals surface area contributed by atoms with E-state index in [1.54, 1.807) is 24.4 Å². The quantitative estimate of drug-likeness (QED) is 0.846. The average molecular weight is 279 g/mol. The fourth-order valence-corrected chi connectivity index (χ4v) is 2.14. The molecule has 98 valence electrons. The fourth-order valence-electron chi connectivity index (χ4n) is 1.83. The van der Waals surface area contributed by atoms with Gasteiger partial charge in [0.05, 0.1) is 16.2 Å². The molecule has 2 aromatic rings. The van der Waals surface area contributed by atoms with Crippen LogP contribution in [-0.2, 0) is 9.59 Å². The summed E-state index contributed by atoms with van der Waals surface area (Å²) < 4.78 is 0. The van der Waals surface area contributed by atoms with E-state index in [1.807, 2.05) is 6.92 Å². The molecule has 0 saturated carbocycles. The molecule has 1 aromatic heterocycles. The molecule has 0 radical (unpaired) electrons. The van der Waals surface area contributed by atoms with Gasteiger partial charge < -0.3 is 10.4 Å². The summed E-state index contributed by atoms with van der Waals surface area (Å²) >= 11 is 6.10. The molecule has 0 saturated heterocycles. The SMILES string of the molecule is Cc1cc(Cl)c(NC(=O)CC(=O)O)c2cccnc12. The number of hydrogen-bond acceptors (Lipinski definition) is 3. The number of aromatic nitrogens is 1. The number of amides is 1. The molecule has 0 spiro atoms. The van der Waals surface area contributed by atoms with Crippen molar-refractivity contribution in [1.82, 2.24) is 4.98 Å². The second kappa shape index (κ2) is 5.24. The molecule has 0 fully saturated rings. The van der Waals surface area contributed by atoms with Gasteiger partial charge in [-0.1, -0.05) is 11.6 Å². The molecule has 6 heteroatoms. The summed E-state index contributed by atoms with van der Waals surface area (Å²) in [5.41, 5.74) is 2.00. The Labute approximate surface area is 114 Å². The van der Waals surface area contributed by atoms with Crippen molar-refractivity contribution in [2.24, 2.45) is 0 Å². The predicted molar refractivity (Wildman–Crippen MR) is 72.4 cm³/mol. The van der Waals surface area contributed by atoms with Gasteiger partial charge in [0.2, 0.25) is 5.91 Å². The number of carbonyl (C=O) groups excluding carboxylic acids is 1. The first kappa shape index (κ1) is 13.3. The first-order chi connectivity index (χ1) is 8.99. The Morgan fingerprint density at radius 3 is 2.89 bits per heavy atom. The van der Waals surface area contributed by atoms with Crippen LogP contribution in [0, 0.1) is 6.92 Å². The Morgan fingerprint density at radius 1 is 1.47 bits per heavy atom. The number of hydrogen-bond donors (Lipinski definition) is 2. The van der Waals surface area contributed by atoms with E-state index in [9.17, 15) is 9.59 Å². The lowest BCUT2D eigenvalue weighted by Gasteiger charge is -2.11. The van der Waals surface area contributed by atoms with Gasteiger partial charge in [-0.25, -0.2) is 0 Å². The van der Waals surface area contributed by atoms with Crippen molar-refractivity contribution in [3.8, 4) is 0 Å². The second-order valence-electron chi connectivity index (χ2n) is 4.07. The maximum absolute atomic E-state index is 11.5. The molecule has 0 aliphatic rings. The van der Waals surface area contributed by atoms with Crippen LogP contribution in [0.15, 0.2) is 24.4 Å². The topological polar surface area (TPSA) is 79.3 Å². The molecule has 1 amide bonds. The lowest BCUT2D eigenvalue weighted by molar-refractivity contribution is -0.139. The highest BCUT2D eigenvalue weighted by molar-refractivity contribution is 6.35. The van der Waals surface area contributed by atoms with Gasteiger partial charge in [-0.05, 0) is 30.7 Å². The molecule has 0 aliphatic heterocycles. The van der Waals surface area contributed by atoms with Crippen LogP contribution < -0.4 is 5.32 Å². The number of nitrogens with one attached hydrogen (secondary N) is 1. The van der Waals surface area contributed by atoms with Gasteiger partial charge in [-0.15, -0.1) is 0 Å². The molecule has 0 bridgehead atoms. The number of fused-ring (bicyclic) bond motifs is 1. The van der Waals surface area contributed by atoms with Crippen molar-refractivity contribution in [2.75, 3.05) is 5.32 Å². The monoisotopic (exact) mass is 278 g/mol. The van der Waals surface area contributed by atoms with E-state index in [2.05, 4.69) is 10.3 Å². The van der Waals surface area contributed by atoms with Crippen molar-refractivity contribution >= 4 is 40.1 Å². The molecule has 0 aliphatic carbocycles. The maximum atomic E-state index is 11.5. The third-order valence-corrected chi connectivity index (χ3v) is 2.91. The van der Waals surface area contributed by atoms with E-state index in [0.717, 1.165) is 11.1 Å². The summed E-state index contributed by atoms with van der Waals surface area (Å²) in [5, 5.41) is 12.1. The van der Waals surface area contributed by atoms with Gasteiger partial charge in [0.25, 0.3) is 0 Å². The van der Waals surface area contributed by atoms with E-state index in [4.69, 9.17) is 16.7 Å². The van der Waals surface area contributed by atoms with Crippen LogP contribution in [-0.4, -0.2) is 22.0 Å². The minimum absolute atomic E-state index is 0.358. The number of benzene rings is 1. The van der Waals surface area contributed by atoms with Crippen LogP contribution in [0.3, 0.4) is 0 Å². The Morgan fingerprint density at radius 2 is 2.21 bits per heavy atom. The van der Waals surface area contributed by atoms with Gasteiger partial charge in [0.15, 0.2) is 0 Å². The Bertz CT molecular complexity index is 670. The van der Waals surface area contributed by atoms with Crippen LogP contribution in [0.25, 0.3) is 10.9 Å². The van der Waals surface area contributed by atoms with Crippen molar-refractivity contribution in [1.29, 1.82) is 0 Å². The lowest BCUT2D eigenvalue weighted by atomic mass is 10.1. The Kier molecular flexibility index (Phi) is 3.66. The van der Waals surface area contributed by atoms with Crippen molar-refractivity contribution in [3.63, 3.8) is 0 Å². The van der Waals surface area contributed by atoms with Gasteiger partial charge in [-0.3, -0.25) is 14.6 Å². The number of carboxylic acids is 1. The van der Waals surface area contributed by atoms with Crippen LogP contribution >= 0.6 is 11.6 Å². The molecule has 2 rings (SSSR count). The zero-order valence-electron chi connectivity index (χ0n) is 10.1. The van der Waals surface area contributed by atoms with Gasteiger partial charge in [0.1, 0.15) is 6.42 Å². The van der Waals surface area contributed by atoms with E-state index in [-0.39, 0.29) is 0 Å². The van der Waals surface area contributed by atoms with Crippen LogP contribution in [0.1, 0.15) is 12.0 Å². The Hall–Kier alpha value is -2.14. The van der Waals surface area contributed by atoms with Crippen LogP contribution in [0.4, 0.5) is 5.69 Å². The number of anilines is 1. The number of halogens is 1. The molecule has 19 heavy (non-hydrogen) atoms. The molecule has 2 N–H and O–H groups in total. The minimum Gasteiger partial charge on any atom is -0.481 e. The molecule has 1 aromatic carbocycles. The van der Waals surface area contributed by atoms with Gasteiger partial charge in [-0.2, -0.15) is 0 Å². The normalized spacial score (nSPS) is 10.4. The van der Waals surface area contributed by atoms with E-state index < -0.39 is 18.3 Å². The predicted octanol–water partition coefficient (Wildman–Crippen LogP) is 2.61. The molecule has 5 nitrogen and oxygen atoms in total. The summed E-state index contributed by atoms with van der Waals surface area (Å²) in [6, 6.07) is 5.19. The third-order valence-electron chi connectivity index (χ3n) is 2.61. The van der Waals surface area contributed by atoms with Gasteiger partial charge >= 0.3 is 5.97 Å². The number of carboxylic acid groups (broad SMARTS) is 1. The van der Waals surface area contributed by atoms with Gasteiger partial charge in [0, 0.05) is 11.6 Å². The zero-order valence-corrected chi connectivity index (χ0v) is 10.9. The lowest BCUT2D eigenvalue weighted by Crippen LogP contribution is -2.16. The summed E-state index contributed by atoms with van der Waals surface area (Å²) in [6.07, 6.45) is 1.04. The number of nitrogens with zero attached hydrogens (tertiary/aromatic N) is 1. The smallest absolute Gasteiger partial charge is 0.312 e.